The molecular weight excluding hydrogens is 492 g/mol. The highest BCUT2D eigenvalue weighted by Gasteiger charge is 2.31. The first kappa shape index (κ1) is 24.0. The topological polar surface area (TPSA) is 57.7 Å². The Morgan fingerprint density at radius 2 is 1.58 bits per heavy atom. The van der Waals surface area contributed by atoms with Gasteiger partial charge in [-0.25, -0.2) is 4.21 Å². The van der Waals surface area contributed by atoms with Crippen molar-refractivity contribution in [3.05, 3.63) is 124 Å². The Labute approximate surface area is 217 Å². The Hall–Kier alpha value is -3.74. The van der Waals surface area contributed by atoms with Crippen LogP contribution in [0.1, 0.15) is 31.8 Å². The zero-order valence-corrected chi connectivity index (χ0v) is 21.1. The van der Waals surface area contributed by atoms with Crippen LogP contribution in [0.2, 0.25) is 5.02 Å². The molecule has 2 amide bonds. The number of hydrogen-bond acceptors (Lipinski definition) is 3. The van der Waals surface area contributed by atoms with E-state index in [-0.39, 0.29) is 18.4 Å². The first-order valence-corrected chi connectivity index (χ1v) is 13.0. The number of carbonyl (C=O) groups excluding carboxylic acids is 2. The molecule has 36 heavy (non-hydrogen) atoms. The summed E-state index contributed by atoms with van der Waals surface area (Å²) < 4.78 is 13.6. The predicted octanol–water partition coefficient (Wildman–Crippen LogP) is 5.94. The predicted molar refractivity (Wildman–Crippen MR) is 142 cm³/mol. The molecule has 4 aromatic carbocycles. The summed E-state index contributed by atoms with van der Waals surface area (Å²) in [7, 11) is 0.152. The van der Waals surface area contributed by atoms with E-state index in [4.69, 9.17) is 11.6 Å². The van der Waals surface area contributed by atoms with E-state index in [0.29, 0.717) is 38.2 Å². The lowest BCUT2D eigenvalue weighted by atomic mass is 10.1. The molecule has 0 N–H and O–H groups in total. The Morgan fingerprint density at radius 3 is 2.36 bits per heavy atom. The van der Waals surface area contributed by atoms with Gasteiger partial charge in [0.2, 0.25) is 0 Å². The highest BCUT2D eigenvalue weighted by atomic mass is 35.5. The summed E-state index contributed by atoms with van der Waals surface area (Å²) in [5, 5.41) is 0.561. The third-order valence-electron chi connectivity index (χ3n) is 6.10. The van der Waals surface area contributed by atoms with Crippen molar-refractivity contribution in [2.24, 2.45) is 0 Å². The Morgan fingerprint density at radius 1 is 0.861 bits per heavy atom. The average molecular weight is 515 g/mol. The van der Waals surface area contributed by atoms with Crippen LogP contribution in [0.25, 0.3) is 0 Å². The van der Waals surface area contributed by atoms with Crippen LogP contribution in [-0.2, 0) is 23.9 Å². The van der Waals surface area contributed by atoms with E-state index >= 15 is 0 Å². The van der Waals surface area contributed by atoms with Gasteiger partial charge in [-0.2, -0.15) is 0 Å². The van der Waals surface area contributed by atoms with Gasteiger partial charge < -0.3 is 9.80 Å². The number of fused-ring (bicyclic) bond motifs is 2. The van der Waals surface area contributed by atoms with Gasteiger partial charge in [0, 0.05) is 24.2 Å². The van der Waals surface area contributed by atoms with Crippen LogP contribution in [0.15, 0.2) is 107 Å². The Bertz CT molecular complexity index is 1490. The van der Waals surface area contributed by atoms with E-state index in [1.807, 2.05) is 42.5 Å². The number of anilines is 1. The fraction of sp³-hybridized carbons (Fsp3) is 0.103. The van der Waals surface area contributed by atoms with E-state index in [2.05, 4.69) is 0 Å². The first-order valence-electron chi connectivity index (χ1n) is 11.4. The number of benzene rings is 4. The molecule has 0 aliphatic carbocycles. The fourth-order valence-electron chi connectivity index (χ4n) is 4.32. The molecule has 5 rings (SSSR count). The van der Waals surface area contributed by atoms with Crippen molar-refractivity contribution in [2.75, 3.05) is 11.9 Å². The second-order valence-electron chi connectivity index (χ2n) is 8.62. The largest absolute Gasteiger partial charge is 0.337 e. The SMILES string of the molecule is CN(Cc1ccccc1)C(=O)c1ccc2c(c1)N(Cc1cccc(Cl)c1)C(=O)c1ccccc1[S@@]2=O. The molecule has 1 atom stereocenters. The molecule has 4 aromatic rings. The highest BCUT2D eigenvalue weighted by Crippen LogP contribution is 2.36. The van der Waals surface area contributed by atoms with Crippen molar-refractivity contribution in [3.8, 4) is 0 Å². The highest BCUT2D eigenvalue weighted by molar-refractivity contribution is 7.85. The summed E-state index contributed by atoms with van der Waals surface area (Å²) in [6.45, 7) is 0.661. The van der Waals surface area contributed by atoms with Crippen LogP contribution in [0.4, 0.5) is 5.69 Å². The van der Waals surface area contributed by atoms with Gasteiger partial charge in [0.25, 0.3) is 11.8 Å². The van der Waals surface area contributed by atoms with Gasteiger partial charge in [-0.1, -0.05) is 66.2 Å². The van der Waals surface area contributed by atoms with E-state index in [9.17, 15) is 13.8 Å². The minimum atomic E-state index is -1.59. The van der Waals surface area contributed by atoms with E-state index < -0.39 is 10.8 Å². The average Bonchev–Trinajstić information content (AvgIpc) is 2.98. The van der Waals surface area contributed by atoms with Crippen LogP contribution in [0, 0.1) is 0 Å². The molecule has 1 heterocycles. The van der Waals surface area contributed by atoms with Gasteiger partial charge in [0.1, 0.15) is 0 Å². The molecular formula is C29H23ClN2O3S. The molecule has 7 heteroatoms. The minimum Gasteiger partial charge on any atom is -0.337 e. The smallest absolute Gasteiger partial charge is 0.259 e. The number of amides is 2. The monoisotopic (exact) mass is 514 g/mol. The van der Waals surface area contributed by atoms with Crippen molar-refractivity contribution in [2.45, 2.75) is 22.9 Å². The summed E-state index contributed by atoms with van der Waals surface area (Å²) in [5.41, 5.74) is 3.08. The van der Waals surface area contributed by atoms with Crippen molar-refractivity contribution < 1.29 is 13.8 Å². The maximum atomic E-state index is 13.8. The van der Waals surface area contributed by atoms with Crippen LogP contribution >= 0.6 is 11.6 Å². The molecule has 0 saturated carbocycles. The third kappa shape index (κ3) is 4.70. The lowest BCUT2D eigenvalue weighted by Crippen LogP contribution is -2.31. The Kier molecular flexibility index (Phi) is 6.72. The standard InChI is InChI=1S/C29H23ClN2O3S/c1-31(18-20-8-3-2-4-9-20)28(33)22-14-15-27-25(17-22)32(19-21-10-7-11-23(30)16-21)29(34)24-12-5-6-13-26(24)36(27)35/h2-17H,18-19H2,1H3/t36-/m0/s1. The molecule has 0 fully saturated rings. The van der Waals surface area contributed by atoms with E-state index in [0.717, 1.165) is 11.1 Å². The number of halogens is 1. The number of hydrogen-bond donors (Lipinski definition) is 0. The summed E-state index contributed by atoms with van der Waals surface area (Å²) in [6, 6.07) is 29.0. The summed E-state index contributed by atoms with van der Waals surface area (Å²) in [4.78, 5) is 31.2. The van der Waals surface area contributed by atoms with Crippen molar-refractivity contribution >= 4 is 39.9 Å². The fourth-order valence-corrected chi connectivity index (χ4v) is 5.88. The molecule has 5 nitrogen and oxygen atoms in total. The molecule has 0 bridgehead atoms. The molecule has 0 spiro atoms. The second-order valence-corrected chi connectivity index (χ2v) is 10.5. The van der Waals surface area contributed by atoms with Gasteiger partial charge >= 0.3 is 0 Å². The van der Waals surface area contributed by atoms with Crippen LogP contribution in [0.5, 0.6) is 0 Å². The second kappa shape index (κ2) is 10.1. The van der Waals surface area contributed by atoms with E-state index in [1.165, 1.54) is 0 Å². The lowest BCUT2D eigenvalue weighted by Gasteiger charge is -2.24. The van der Waals surface area contributed by atoms with Gasteiger partial charge in [-0.15, -0.1) is 0 Å². The quantitative estimate of drug-likeness (QED) is 0.331. The zero-order chi connectivity index (χ0) is 25.2. The van der Waals surface area contributed by atoms with Crippen molar-refractivity contribution in [1.29, 1.82) is 0 Å². The summed E-state index contributed by atoms with van der Waals surface area (Å²) in [5.74, 6) is -0.468. The normalized spacial score (nSPS) is 14.6. The van der Waals surface area contributed by atoms with Crippen LogP contribution in [0.3, 0.4) is 0 Å². The number of rotatable bonds is 5. The van der Waals surface area contributed by atoms with Gasteiger partial charge in [0.05, 0.1) is 38.4 Å². The third-order valence-corrected chi connectivity index (χ3v) is 7.83. The van der Waals surface area contributed by atoms with E-state index in [1.54, 1.807) is 71.4 Å². The maximum absolute atomic E-state index is 13.8. The molecule has 0 saturated heterocycles. The maximum Gasteiger partial charge on any atom is 0.259 e. The summed E-state index contributed by atoms with van der Waals surface area (Å²) in [6.07, 6.45) is 0. The van der Waals surface area contributed by atoms with Crippen molar-refractivity contribution in [1.82, 2.24) is 4.90 Å². The molecule has 0 unspecified atom stereocenters. The summed E-state index contributed by atoms with van der Waals surface area (Å²) >= 11 is 6.20. The first-order chi connectivity index (χ1) is 17.4. The van der Waals surface area contributed by atoms with Crippen LogP contribution in [-0.4, -0.2) is 28.0 Å². The number of carbonyl (C=O) groups is 2. The van der Waals surface area contributed by atoms with Gasteiger partial charge in [-0.05, 0) is 53.6 Å². The van der Waals surface area contributed by atoms with Gasteiger partial charge in [0.15, 0.2) is 0 Å². The molecule has 0 aromatic heterocycles. The molecule has 1 aliphatic rings. The van der Waals surface area contributed by atoms with Crippen LogP contribution < -0.4 is 4.90 Å². The minimum absolute atomic E-state index is 0.190. The zero-order valence-electron chi connectivity index (χ0n) is 19.6. The molecule has 180 valence electrons. The lowest BCUT2D eigenvalue weighted by molar-refractivity contribution is 0.0784. The molecule has 0 radical (unpaired) electrons. The van der Waals surface area contributed by atoms with Crippen molar-refractivity contribution in [3.63, 3.8) is 0 Å². The number of nitrogens with zero attached hydrogens (tertiary/aromatic N) is 2. The Balaban J connectivity index is 1.57. The van der Waals surface area contributed by atoms with Gasteiger partial charge in [-0.3, -0.25) is 9.59 Å². The molecule has 1 aliphatic heterocycles.